The second kappa shape index (κ2) is 4.11. The third kappa shape index (κ3) is 2.75. The third-order valence-corrected chi connectivity index (χ3v) is 1.34. The van der Waals surface area contributed by atoms with Crippen LogP contribution in [0.3, 0.4) is 0 Å². The summed E-state index contributed by atoms with van der Waals surface area (Å²) in [4.78, 5) is 3.27. The number of aliphatic hydroxyl groups excluding tert-OH is 1. The quantitative estimate of drug-likeness (QED) is 0.644. The van der Waals surface area contributed by atoms with Gasteiger partial charge in [0.25, 0.3) is 0 Å². The maximum absolute atomic E-state index is 12.1. The van der Waals surface area contributed by atoms with Crippen molar-refractivity contribution in [2.45, 2.75) is 6.18 Å². The zero-order chi connectivity index (χ0) is 10.6. The Hall–Kier alpha value is -1.54. The SMILES string of the molecule is OCC#Cc1cccc(C(F)(F)F)n1. The molecular weight excluding hydrogens is 195 g/mol. The molecule has 5 heteroatoms. The van der Waals surface area contributed by atoms with Gasteiger partial charge in [0.2, 0.25) is 0 Å². The molecule has 0 bridgehead atoms. The molecule has 1 N–H and O–H groups in total. The van der Waals surface area contributed by atoms with Crippen molar-refractivity contribution >= 4 is 0 Å². The van der Waals surface area contributed by atoms with Crippen molar-refractivity contribution in [3.05, 3.63) is 29.6 Å². The third-order valence-electron chi connectivity index (χ3n) is 1.34. The van der Waals surface area contributed by atoms with E-state index < -0.39 is 18.5 Å². The molecule has 1 aromatic rings. The van der Waals surface area contributed by atoms with Gasteiger partial charge in [0.15, 0.2) is 0 Å². The molecule has 0 aromatic carbocycles. The Morgan fingerprint density at radius 3 is 2.64 bits per heavy atom. The number of nitrogens with zero attached hydrogens (tertiary/aromatic N) is 1. The van der Waals surface area contributed by atoms with Gasteiger partial charge >= 0.3 is 6.18 Å². The van der Waals surface area contributed by atoms with Crippen molar-refractivity contribution in [1.29, 1.82) is 0 Å². The minimum atomic E-state index is -4.46. The standard InChI is InChI=1S/C9H6F3NO/c10-9(11,12)8-5-1-3-7(13-8)4-2-6-14/h1,3,5,14H,6H2. The molecule has 0 unspecified atom stereocenters. The number of hydrogen-bond donors (Lipinski definition) is 1. The lowest BCUT2D eigenvalue weighted by atomic mass is 10.3. The summed E-state index contributed by atoms with van der Waals surface area (Å²) in [6.45, 7) is -0.405. The van der Waals surface area contributed by atoms with Crippen molar-refractivity contribution in [3.63, 3.8) is 0 Å². The van der Waals surface area contributed by atoms with Crippen LogP contribution in [0.2, 0.25) is 0 Å². The van der Waals surface area contributed by atoms with Gasteiger partial charge in [0.05, 0.1) is 0 Å². The second-order valence-corrected chi connectivity index (χ2v) is 2.37. The number of rotatable bonds is 0. The summed E-state index contributed by atoms with van der Waals surface area (Å²) in [7, 11) is 0. The van der Waals surface area contributed by atoms with E-state index in [-0.39, 0.29) is 5.69 Å². The lowest BCUT2D eigenvalue weighted by Crippen LogP contribution is -2.08. The summed E-state index contributed by atoms with van der Waals surface area (Å²) in [5.41, 5.74) is -0.990. The molecule has 0 fully saturated rings. The van der Waals surface area contributed by atoms with Crippen molar-refractivity contribution < 1.29 is 18.3 Å². The summed E-state index contributed by atoms with van der Waals surface area (Å²) in [6.07, 6.45) is -4.46. The van der Waals surface area contributed by atoms with Gasteiger partial charge in [-0.1, -0.05) is 12.0 Å². The van der Waals surface area contributed by atoms with Crippen LogP contribution in [-0.2, 0) is 6.18 Å². The van der Waals surface area contributed by atoms with E-state index in [0.717, 1.165) is 6.07 Å². The van der Waals surface area contributed by atoms with Gasteiger partial charge < -0.3 is 5.11 Å². The van der Waals surface area contributed by atoms with Gasteiger partial charge in [-0.2, -0.15) is 13.2 Å². The maximum Gasteiger partial charge on any atom is 0.433 e. The first-order valence-corrected chi connectivity index (χ1v) is 3.68. The van der Waals surface area contributed by atoms with Crippen LogP contribution in [0.25, 0.3) is 0 Å². The molecule has 1 heterocycles. The van der Waals surface area contributed by atoms with Crippen LogP contribution in [0.15, 0.2) is 18.2 Å². The number of aliphatic hydroxyl groups is 1. The number of alkyl halides is 3. The Morgan fingerprint density at radius 1 is 1.36 bits per heavy atom. The average molecular weight is 201 g/mol. The fraction of sp³-hybridized carbons (Fsp3) is 0.222. The van der Waals surface area contributed by atoms with E-state index in [1.165, 1.54) is 12.1 Å². The van der Waals surface area contributed by atoms with Crippen molar-refractivity contribution in [1.82, 2.24) is 4.98 Å². The molecule has 14 heavy (non-hydrogen) atoms. The van der Waals surface area contributed by atoms with Crippen LogP contribution in [0.5, 0.6) is 0 Å². The van der Waals surface area contributed by atoms with Gasteiger partial charge in [0, 0.05) is 0 Å². The van der Waals surface area contributed by atoms with E-state index in [2.05, 4.69) is 16.8 Å². The van der Waals surface area contributed by atoms with E-state index in [4.69, 9.17) is 5.11 Å². The highest BCUT2D eigenvalue weighted by atomic mass is 19.4. The van der Waals surface area contributed by atoms with Crippen LogP contribution >= 0.6 is 0 Å². The smallest absolute Gasteiger partial charge is 0.384 e. The van der Waals surface area contributed by atoms with Gasteiger partial charge in [-0.05, 0) is 18.1 Å². The monoisotopic (exact) mass is 201 g/mol. The molecule has 74 valence electrons. The first-order chi connectivity index (χ1) is 6.54. The molecule has 0 aliphatic carbocycles. The highest BCUT2D eigenvalue weighted by molar-refractivity contribution is 5.29. The second-order valence-electron chi connectivity index (χ2n) is 2.37. The zero-order valence-electron chi connectivity index (χ0n) is 6.97. The van der Waals surface area contributed by atoms with Crippen LogP contribution in [-0.4, -0.2) is 16.7 Å². The number of aromatic nitrogens is 1. The molecule has 0 saturated carbocycles. The van der Waals surface area contributed by atoms with E-state index in [9.17, 15) is 13.2 Å². The molecule has 0 amide bonds. The average Bonchev–Trinajstić information content (AvgIpc) is 2.14. The minimum Gasteiger partial charge on any atom is -0.384 e. The molecule has 1 rings (SSSR count). The van der Waals surface area contributed by atoms with Crippen LogP contribution < -0.4 is 0 Å². The van der Waals surface area contributed by atoms with Crippen molar-refractivity contribution in [2.75, 3.05) is 6.61 Å². The summed E-state index contributed by atoms with van der Waals surface area (Å²) < 4.78 is 36.4. The van der Waals surface area contributed by atoms with Crippen LogP contribution in [0.4, 0.5) is 13.2 Å². The molecule has 2 nitrogen and oxygen atoms in total. The topological polar surface area (TPSA) is 33.1 Å². The number of halogens is 3. The molecule has 0 spiro atoms. The van der Waals surface area contributed by atoms with Gasteiger partial charge in [-0.25, -0.2) is 4.98 Å². The minimum absolute atomic E-state index is 0.00567. The lowest BCUT2D eigenvalue weighted by Gasteiger charge is -2.04. The van der Waals surface area contributed by atoms with Crippen molar-refractivity contribution in [3.8, 4) is 11.8 Å². The molecule has 0 radical (unpaired) electrons. The van der Waals surface area contributed by atoms with E-state index in [1.807, 2.05) is 0 Å². The van der Waals surface area contributed by atoms with Gasteiger partial charge in [0.1, 0.15) is 18.0 Å². The predicted molar refractivity (Wildman–Crippen MR) is 43.2 cm³/mol. The maximum atomic E-state index is 12.1. The predicted octanol–water partition coefficient (Wildman–Crippen LogP) is 1.44. The lowest BCUT2D eigenvalue weighted by molar-refractivity contribution is -0.141. The fourth-order valence-electron chi connectivity index (χ4n) is 0.792. The Labute approximate surface area is 78.4 Å². The number of pyridine rings is 1. The van der Waals surface area contributed by atoms with Crippen molar-refractivity contribution in [2.24, 2.45) is 0 Å². The first-order valence-electron chi connectivity index (χ1n) is 3.68. The van der Waals surface area contributed by atoms with Crippen LogP contribution in [0.1, 0.15) is 11.4 Å². The zero-order valence-corrected chi connectivity index (χ0v) is 6.97. The first kappa shape index (κ1) is 10.5. The molecule has 0 aliphatic heterocycles. The van der Waals surface area contributed by atoms with Gasteiger partial charge in [-0.15, -0.1) is 0 Å². The summed E-state index contributed by atoms with van der Waals surface area (Å²) in [5, 5.41) is 8.33. The highest BCUT2D eigenvalue weighted by Gasteiger charge is 2.32. The summed E-state index contributed by atoms with van der Waals surface area (Å²) >= 11 is 0. The largest absolute Gasteiger partial charge is 0.433 e. The van der Waals surface area contributed by atoms with E-state index in [0.29, 0.717) is 0 Å². The molecule has 0 atom stereocenters. The molecular formula is C9H6F3NO. The molecule has 1 aromatic heterocycles. The molecule has 0 aliphatic rings. The summed E-state index contributed by atoms with van der Waals surface area (Å²) in [6, 6.07) is 3.43. The van der Waals surface area contributed by atoms with E-state index in [1.54, 1.807) is 0 Å². The Balaban J connectivity index is 3.02. The Kier molecular flexibility index (Phi) is 3.10. The Morgan fingerprint density at radius 2 is 2.07 bits per heavy atom. The van der Waals surface area contributed by atoms with Crippen LogP contribution in [0, 0.1) is 11.8 Å². The molecule has 0 saturated heterocycles. The summed E-state index contributed by atoms with van der Waals surface area (Å²) in [5.74, 6) is 4.51. The Bertz CT molecular complexity index is 376. The highest BCUT2D eigenvalue weighted by Crippen LogP contribution is 2.27. The van der Waals surface area contributed by atoms with E-state index >= 15 is 0 Å². The van der Waals surface area contributed by atoms with Gasteiger partial charge in [-0.3, -0.25) is 0 Å². The normalized spacial score (nSPS) is 10.6. The fourth-order valence-corrected chi connectivity index (χ4v) is 0.792. The number of hydrogen-bond acceptors (Lipinski definition) is 2.